The first-order valence-corrected chi connectivity index (χ1v) is 17.2. The van der Waals surface area contributed by atoms with E-state index in [-0.39, 0.29) is 22.2 Å². The molecule has 2 aliphatic rings. The van der Waals surface area contributed by atoms with Gasteiger partial charge in [0.25, 0.3) is 0 Å². The smallest absolute Gasteiger partial charge is 0.335 e. The van der Waals surface area contributed by atoms with Gasteiger partial charge in [-0.25, -0.2) is 4.98 Å². The first-order valence-electron chi connectivity index (χ1n) is 12.5. The van der Waals surface area contributed by atoms with Gasteiger partial charge in [0.15, 0.2) is 6.23 Å². The van der Waals surface area contributed by atoms with Crippen LogP contribution in [0.2, 0.25) is 32.2 Å². The van der Waals surface area contributed by atoms with Gasteiger partial charge in [-0.15, -0.1) is 0 Å². The van der Waals surface area contributed by atoms with E-state index in [2.05, 4.69) is 60.4 Å². The number of hydrogen-bond donors (Lipinski definition) is 1. The van der Waals surface area contributed by atoms with Gasteiger partial charge in [0, 0.05) is 0 Å². The topological polar surface area (TPSA) is 75.0 Å². The maximum Gasteiger partial charge on any atom is 0.335 e. The molecule has 196 valence electrons. The molecule has 11 heteroatoms. The molecule has 2 aliphatic heterocycles. The molecule has 3 heterocycles. The number of fused-ring (bicyclic) bond motifs is 2. The fourth-order valence-electron chi connectivity index (χ4n) is 5.59. The van der Waals surface area contributed by atoms with Crippen LogP contribution < -0.4 is 0 Å². The minimum absolute atomic E-state index is 0.162. The molecule has 4 rings (SSSR count). The van der Waals surface area contributed by atoms with Crippen molar-refractivity contribution in [1.82, 2.24) is 9.55 Å². The summed E-state index contributed by atoms with van der Waals surface area (Å²) in [6.45, 7) is 17.7. The molecule has 0 saturated carbocycles. The summed E-state index contributed by atoms with van der Waals surface area (Å²) in [7, 11) is -5.54. The second kappa shape index (κ2) is 10.00. The van der Waals surface area contributed by atoms with Crippen molar-refractivity contribution < 1.29 is 22.8 Å². The van der Waals surface area contributed by atoms with Gasteiger partial charge in [-0.3, -0.25) is 0 Å². The Morgan fingerprint density at radius 2 is 1.51 bits per heavy atom. The molecular formula is C24H38Cl2N2O5Si2. The van der Waals surface area contributed by atoms with Gasteiger partial charge in [0.2, 0.25) is 0 Å². The van der Waals surface area contributed by atoms with Gasteiger partial charge < -0.3 is 27.4 Å². The van der Waals surface area contributed by atoms with Gasteiger partial charge in [0.05, 0.1) is 34.0 Å². The molecule has 2 aromatic rings. The largest absolute Gasteiger partial charge is 0.414 e. The molecule has 0 radical (unpaired) electrons. The number of imidazole rings is 1. The van der Waals surface area contributed by atoms with Crippen LogP contribution in [0.5, 0.6) is 0 Å². The Labute approximate surface area is 220 Å². The van der Waals surface area contributed by atoms with Crippen molar-refractivity contribution in [2.24, 2.45) is 0 Å². The zero-order valence-corrected chi connectivity index (χ0v) is 25.3. The average molecular weight is 562 g/mol. The Bertz CT molecular complexity index is 1050. The lowest BCUT2D eigenvalue weighted by atomic mass is 10.1. The molecule has 0 unspecified atom stereocenters. The monoisotopic (exact) mass is 560 g/mol. The van der Waals surface area contributed by atoms with E-state index in [1.165, 1.54) is 0 Å². The van der Waals surface area contributed by atoms with Gasteiger partial charge in [0.1, 0.15) is 18.3 Å². The van der Waals surface area contributed by atoms with E-state index in [4.69, 9.17) is 40.9 Å². The molecule has 0 spiro atoms. The summed E-state index contributed by atoms with van der Waals surface area (Å²) < 4.78 is 29.3. The minimum atomic E-state index is -2.86. The second-order valence-electron chi connectivity index (χ2n) is 11.0. The molecule has 4 atom stereocenters. The van der Waals surface area contributed by atoms with Crippen LogP contribution in [0.25, 0.3) is 11.0 Å². The molecule has 2 fully saturated rings. The van der Waals surface area contributed by atoms with Crippen LogP contribution in [0.15, 0.2) is 18.5 Å². The van der Waals surface area contributed by atoms with Crippen molar-refractivity contribution in [1.29, 1.82) is 0 Å². The maximum atomic E-state index is 11.6. The van der Waals surface area contributed by atoms with E-state index in [9.17, 15) is 5.11 Å². The van der Waals surface area contributed by atoms with Crippen LogP contribution in [0.1, 0.15) is 61.6 Å². The van der Waals surface area contributed by atoms with E-state index in [0.29, 0.717) is 22.2 Å². The Morgan fingerprint density at radius 1 is 0.943 bits per heavy atom. The molecule has 0 aliphatic carbocycles. The maximum absolute atomic E-state index is 11.6. The number of rotatable bonds is 5. The van der Waals surface area contributed by atoms with Crippen molar-refractivity contribution in [3.63, 3.8) is 0 Å². The lowest BCUT2D eigenvalue weighted by Gasteiger charge is -2.51. The number of hydrogen-bond acceptors (Lipinski definition) is 6. The Balaban J connectivity index is 1.77. The fraction of sp³-hybridized carbons (Fsp3) is 0.708. The Kier molecular flexibility index (Phi) is 7.87. The van der Waals surface area contributed by atoms with E-state index < -0.39 is 41.7 Å². The number of nitrogens with zero attached hydrogens (tertiary/aromatic N) is 2. The van der Waals surface area contributed by atoms with Gasteiger partial charge in [-0.05, 0) is 34.3 Å². The second-order valence-corrected chi connectivity index (χ2v) is 20.7. The van der Waals surface area contributed by atoms with Crippen molar-refractivity contribution in [2.45, 2.75) is 102 Å². The quantitative estimate of drug-likeness (QED) is 0.417. The molecule has 35 heavy (non-hydrogen) atoms. The molecular weight excluding hydrogens is 523 g/mol. The molecule has 7 nitrogen and oxygen atoms in total. The third-order valence-electron chi connectivity index (χ3n) is 7.53. The Morgan fingerprint density at radius 3 is 2.09 bits per heavy atom. The lowest BCUT2D eigenvalue weighted by molar-refractivity contribution is -0.0568. The van der Waals surface area contributed by atoms with E-state index >= 15 is 0 Å². The predicted octanol–water partition coefficient (Wildman–Crippen LogP) is 6.56. The molecule has 0 amide bonds. The standard InChI is InChI=1S/C24H38Cl2N2O5Si2/c1-13(2)34(14(3)4)30-11-21-23(32-35(33-34,15(5)6)16(7)8)22(29)24(31-21)28-12-27-19-9-17(25)18(26)10-20(19)28/h9-10,12-16,21-24,29H,11H2,1-8H3/t21-,22-,23+,24-/m1/s1. The molecule has 1 aromatic heterocycles. The number of halogens is 2. The highest BCUT2D eigenvalue weighted by Crippen LogP contribution is 2.48. The van der Waals surface area contributed by atoms with Crippen LogP contribution in [0.3, 0.4) is 0 Å². The van der Waals surface area contributed by atoms with Gasteiger partial charge in [-0.2, -0.15) is 0 Å². The molecule has 2 saturated heterocycles. The van der Waals surface area contributed by atoms with Gasteiger partial charge >= 0.3 is 17.1 Å². The van der Waals surface area contributed by atoms with E-state index in [1.54, 1.807) is 23.0 Å². The summed E-state index contributed by atoms with van der Waals surface area (Å²) in [4.78, 5) is 4.46. The highest BCUT2D eigenvalue weighted by atomic mass is 35.5. The zero-order valence-electron chi connectivity index (χ0n) is 21.8. The van der Waals surface area contributed by atoms with E-state index in [1.807, 2.05) is 0 Å². The van der Waals surface area contributed by atoms with Crippen LogP contribution in [0, 0.1) is 0 Å². The van der Waals surface area contributed by atoms with Crippen LogP contribution in [-0.2, 0) is 17.7 Å². The predicted molar refractivity (Wildman–Crippen MR) is 143 cm³/mol. The number of benzene rings is 1. The summed E-state index contributed by atoms with van der Waals surface area (Å²) in [5.41, 5.74) is 2.21. The first-order chi connectivity index (χ1) is 16.3. The third-order valence-corrected chi connectivity index (χ3v) is 18.5. The van der Waals surface area contributed by atoms with Crippen LogP contribution >= 0.6 is 23.2 Å². The summed E-state index contributed by atoms with van der Waals surface area (Å²) in [6, 6.07) is 3.47. The van der Waals surface area contributed by atoms with Crippen LogP contribution in [-0.4, -0.2) is 56.7 Å². The minimum Gasteiger partial charge on any atom is -0.414 e. The lowest BCUT2D eigenvalue weighted by Crippen LogP contribution is -2.65. The highest BCUT2D eigenvalue weighted by molar-refractivity contribution is 6.84. The number of aliphatic hydroxyl groups is 1. The van der Waals surface area contributed by atoms with E-state index in [0.717, 1.165) is 5.52 Å². The van der Waals surface area contributed by atoms with Crippen molar-refractivity contribution >= 4 is 51.4 Å². The zero-order chi connectivity index (χ0) is 25.9. The number of aromatic nitrogens is 2. The SMILES string of the molecule is CC(C)[Si]1(C(C)C)OC[C@H]2O[C@@H](n3cnc4cc(Cl)c(Cl)cc43)[C@H](O)[C@H]2O[Si](C(C)C)(C(C)C)O1. The van der Waals surface area contributed by atoms with Crippen molar-refractivity contribution in [2.75, 3.05) is 6.61 Å². The molecule has 1 N–H and O–H groups in total. The van der Waals surface area contributed by atoms with Crippen molar-refractivity contribution in [3.05, 3.63) is 28.5 Å². The average Bonchev–Trinajstić information content (AvgIpc) is 3.28. The summed E-state index contributed by atoms with van der Waals surface area (Å²) in [5.74, 6) is 0. The summed E-state index contributed by atoms with van der Waals surface area (Å²) in [6.07, 6.45) is -1.00. The van der Waals surface area contributed by atoms with Gasteiger partial charge in [-0.1, -0.05) is 78.6 Å². The third kappa shape index (κ3) is 4.55. The summed E-state index contributed by atoms with van der Waals surface area (Å²) in [5, 5.41) is 12.4. The molecule has 0 bridgehead atoms. The highest BCUT2D eigenvalue weighted by Gasteiger charge is 2.61. The number of aliphatic hydroxyl groups excluding tert-OH is 1. The first kappa shape index (κ1) is 27.5. The normalized spacial score (nSPS) is 28.8. The molecule has 1 aromatic carbocycles. The Hall–Kier alpha value is -0.496. The van der Waals surface area contributed by atoms with Crippen LogP contribution in [0.4, 0.5) is 0 Å². The number of ether oxygens (including phenoxy) is 1. The summed E-state index contributed by atoms with van der Waals surface area (Å²) >= 11 is 12.5. The van der Waals surface area contributed by atoms with Crippen molar-refractivity contribution in [3.8, 4) is 0 Å². The fourth-order valence-corrected chi connectivity index (χ4v) is 17.1.